The molecule has 0 radical (unpaired) electrons. The van der Waals surface area contributed by atoms with E-state index in [0.717, 1.165) is 0 Å². The molecule has 0 spiro atoms. The maximum absolute atomic E-state index is 12.0. The molecule has 4 heteroatoms. The van der Waals surface area contributed by atoms with Gasteiger partial charge in [-0.25, -0.2) is 4.98 Å². The third-order valence-electron chi connectivity index (χ3n) is 2.39. The maximum atomic E-state index is 12.0. The molecular weight excluding hydrogens is 240 g/mol. The second-order valence-electron chi connectivity index (χ2n) is 4.40. The van der Waals surface area contributed by atoms with Crippen LogP contribution in [0.5, 0.6) is 11.6 Å². The van der Waals surface area contributed by atoms with Crippen LogP contribution >= 0.6 is 0 Å². The van der Waals surface area contributed by atoms with E-state index in [1.54, 1.807) is 18.3 Å². The van der Waals surface area contributed by atoms with Crippen LogP contribution in [0.15, 0.2) is 48.7 Å². The molecule has 2 rings (SSSR count). The molecule has 1 heterocycles. The van der Waals surface area contributed by atoms with Gasteiger partial charge in [-0.3, -0.25) is 4.79 Å². The van der Waals surface area contributed by atoms with E-state index in [2.05, 4.69) is 10.3 Å². The number of para-hydroxylation sites is 1. The van der Waals surface area contributed by atoms with Gasteiger partial charge >= 0.3 is 0 Å². The molecule has 1 aromatic heterocycles. The predicted molar refractivity (Wildman–Crippen MR) is 73.4 cm³/mol. The molecular formula is C15H16N2O2. The van der Waals surface area contributed by atoms with Crippen LogP contribution in [0, 0.1) is 0 Å². The molecule has 0 aliphatic carbocycles. The van der Waals surface area contributed by atoms with Crippen molar-refractivity contribution < 1.29 is 9.53 Å². The maximum Gasteiger partial charge on any atom is 0.256 e. The smallest absolute Gasteiger partial charge is 0.256 e. The van der Waals surface area contributed by atoms with Crippen molar-refractivity contribution in [2.45, 2.75) is 19.9 Å². The first kappa shape index (κ1) is 13.1. The van der Waals surface area contributed by atoms with Gasteiger partial charge in [-0.15, -0.1) is 0 Å². The molecule has 0 aliphatic rings. The van der Waals surface area contributed by atoms with Gasteiger partial charge in [0.2, 0.25) is 5.88 Å². The number of nitrogens with one attached hydrogen (secondary N) is 1. The van der Waals surface area contributed by atoms with Crippen molar-refractivity contribution in [2.75, 3.05) is 0 Å². The van der Waals surface area contributed by atoms with Crippen molar-refractivity contribution in [1.29, 1.82) is 0 Å². The van der Waals surface area contributed by atoms with Crippen molar-refractivity contribution >= 4 is 5.91 Å². The Morgan fingerprint density at radius 1 is 1.16 bits per heavy atom. The summed E-state index contributed by atoms with van der Waals surface area (Å²) >= 11 is 0. The van der Waals surface area contributed by atoms with Crippen LogP contribution in [0.2, 0.25) is 0 Å². The predicted octanol–water partition coefficient (Wildman–Crippen LogP) is 3.01. The molecule has 2 aromatic rings. The highest BCUT2D eigenvalue weighted by Gasteiger charge is 2.14. The fourth-order valence-electron chi connectivity index (χ4n) is 1.59. The molecule has 0 saturated carbocycles. The first-order valence-electron chi connectivity index (χ1n) is 6.15. The third kappa shape index (κ3) is 3.55. The largest absolute Gasteiger partial charge is 0.438 e. The molecule has 0 fully saturated rings. The first-order chi connectivity index (χ1) is 9.16. The number of hydrogen-bond acceptors (Lipinski definition) is 3. The summed E-state index contributed by atoms with van der Waals surface area (Å²) < 4.78 is 5.64. The summed E-state index contributed by atoms with van der Waals surface area (Å²) in [5.41, 5.74) is 0.431. The van der Waals surface area contributed by atoms with Crippen LogP contribution in [0.1, 0.15) is 24.2 Å². The molecule has 4 nitrogen and oxygen atoms in total. The number of pyridine rings is 1. The number of carbonyl (C=O) groups is 1. The van der Waals surface area contributed by atoms with E-state index in [-0.39, 0.29) is 11.9 Å². The Labute approximate surface area is 112 Å². The Bertz CT molecular complexity index is 553. The molecule has 0 bridgehead atoms. The van der Waals surface area contributed by atoms with Crippen molar-refractivity contribution in [3.63, 3.8) is 0 Å². The lowest BCUT2D eigenvalue weighted by atomic mass is 10.2. The number of aromatic nitrogens is 1. The minimum Gasteiger partial charge on any atom is -0.438 e. The lowest BCUT2D eigenvalue weighted by Crippen LogP contribution is -2.30. The fraction of sp³-hybridized carbons (Fsp3) is 0.200. The van der Waals surface area contributed by atoms with E-state index < -0.39 is 0 Å². The van der Waals surface area contributed by atoms with Gasteiger partial charge in [-0.1, -0.05) is 18.2 Å². The highest BCUT2D eigenvalue weighted by molar-refractivity contribution is 5.96. The summed E-state index contributed by atoms with van der Waals surface area (Å²) in [6, 6.07) is 12.8. The summed E-state index contributed by atoms with van der Waals surface area (Å²) in [6.45, 7) is 3.82. The van der Waals surface area contributed by atoms with Gasteiger partial charge in [-0.05, 0) is 38.1 Å². The monoisotopic (exact) mass is 256 g/mol. The summed E-state index contributed by atoms with van der Waals surface area (Å²) in [7, 11) is 0. The summed E-state index contributed by atoms with van der Waals surface area (Å²) in [5.74, 6) is 0.778. The molecule has 0 atom stereocenters. The third-order valence-corrected chi connectivity index (χ3v) is 2.39. The van der Waals surface area contributed by atoms with Crippen LogP contribution in [0.4, 0.5) is 0 Å². The van der Waals surface area contributed by atoms with Gasteiger partial charge in [0.05, 0.1) is 0 Å². The highest BCUT2D eigenvalue weighted by Crippen LogP contribution is 2.22. The zero-order valence-corrected chi connectivity index (χ0v) is 11.0. The molecule has 1 N–H and O–H groups in total. The average Bonchev–Trinajstić information content (AvgIpc) is 2.39. The van der Waals surface area contributed by atoms with E-state index in [4.69, 9.17) is 4.74 Å². The lowest BCUT2D eigenvalue weighted by molar-refractivity contribution is 0.0940. The molecule has 0 aliphatic heterocycles. The van der Waals surface area contributed by atoms with Crippen molar-refractivity contribution in [2.24, 2.45) is 0 Å². The van der Waals surface area contributed by atoms with Crippen molar-refractivity contribution in [1.82, 2.24) is 10.3 Å². The summed E-state index contributed by atoms with van der Waals surface area (Å²) in [6.07, 6.45) is 1.60. The van der Waals surface area contributed by atoms with Crippen molar-refractivity contribution in [3.8, 4) is 11.6 Å². The normalized spacial score (nSPS) is 10.3. The second kappa shape index (κ2) is 6.00. The Balaban J connectivity index is 2.24. The van der Waals surface area contributed by atoms with Gasteiger partial charge in [-0.2, -0.15) is 0 Å². The topological polar surface area (TPSA) is 51.2 Å². The Morgan fingerprint density at radius 2 is 1.89 bits per heavy atom. The van der Waals surface area contributed by atoms with E-state index in [1.165, 1.54) is 0 Å². The van der Waals surface area contributed by atoms with Crippen molar-refractivity contribution in [3.05, 3.63) is 54.2 Å². The number of amides is 1. The zero-order chi connectivity index (χ0) is 13.7. The van der Waals surface area contributed by atoms with Crippen LogP contribution in [-0.2, 0) is 0 Å². The quantitative estimate of drug-likeness (QED) is 0.914. The molecule has 1 amide bonds. The van der Waals surface area contributed by atoms with E-state index in [0.29, 0.717) is 17.2 Å². The average molecular weight is 256 g/mol. The summed E-state index contributed by atoms with van der Waals surface area (Å²) in [5, 5.41) is 2.83. The highest BCUT2D eigenvalue weighted by atomic mass is 16.5. The van der Waals surface area contributed by atoms with Gasteiger partial charge in [0.25, 0.3) is 5.91 Å². The molecule has 19 heavy (non-hydrogen) atoms. The number of carbonyl (C=O) groups excluding carboxylic acids is 1. The first-order valence-corrected chi connectivity index (χ1v) is 6.15. The number of ether oxygens (including phenoxy) is 1. The number of nitrogens with zero attached hydrogens (tertiary/aromatic N) is 1. The Morgan fingerprint density at radius 3 is 2.58 bits per heavy atom. The molecule has 0 saturated heterocycles. The Kier molecular flexibility index (Phi) is 4.13. The van der Waals surface area contributed by atoms with E-state index in [9.17, 15) is 4.79 Å². The minimum absolute atomic E-state index is 0.0669. The Hall–Kier alpha value is -2.36. The van der Waals surface area contributed by atoms with Gasteiger partial charge in [0, 0.05) is 12.2 Å². The number of benzene rings is 1. The molecule has 1 aromatic carbocycles. The van der Waals surface area contributed by atoms with E-state index >= 15 is 0 Å². The zero-order valence-electron chi connectivity index (χ0n) is 11.0. The van der Waals surface area contributed by atoms with Gasteiger partial charge in [0.1, 0.15) is 11.3 Å². The number of hydrogen-bond donors (Lipinski definition) is 1. The molecule has 98 valence electrons. The summed E-state index contributed by atoms with van der Waals surface area (Å²) in [4.78, 5) is 16.2. The standard InChI is InChI=1S/C15H16N2O2/c1-11(2)17-14(18)13-9-6-10-16-15(13)19-12-7-4-3-5-8-12/h3-11H,1-2H3,(H,17,18). The van der Waals surface area contributed by atoms with Crippen LogP contribution < -0.4 is 10.1 Å². The van der Waals surface area contributed by atoms with Crippen LogP contribution in [-0.4, -0.2) is 16.9 Å². The van der Waals surface area contributed by atoms with Gasteiger partial charge < -0.3 is 10.1 Å². The van der Waals surface area contributed by atoms with Crippen LogP contribution in [0.25, 0.3) is 0 Å². The lowest BCUT2D eigenvalue weighted by Gasteiger charge is -2.11. The molecule has 0 unspecified atom stereocenters. The SMILES string of the molecule is CC(C)NC(=O)c1cccnc1Oc1ccccc1. The van der Waals surface area contributed by atoms with E-state index in [1.807, 2.05) is 44.2 Å². The fourth-order valence-corrected chi connectivity index (χ4v) is 1.59. The van der Waals surface area contributed by atoms with Gasteiger partial charge in [0.15, 0.2) is 0 Å². The minimum atomic E-state index is -0.186. The number of rotatable bonds is 4. The van der Waals surface area contributed by atoms with Crippen LogP contribution in [0.3, 0.4) is 0 Å². The second-order valence-corrected chi connectivity index (χ2v) is 4.40.